The highest BCUT2D eigenvalue weighted by atomic mass is 79.9. The third-order valence-corrected chi connectivity index (χ3v) is 4.74. The maximum absolute atomic E-state index is 12.8. The second-order valence-corrected chi connectivity index (χ2v) is 5.70. The largest absolute Gasteiger partial charge is 0.333 e. The summed E-state index contributed by atoms with van der Waals surface area (Å²) < 4.78 is 35.8. The minimum absolute atomic E-state index is 0.251. The van der Waals surface area contributed by atoms with Crippen molar-refractivity contribution in [1.82, 2.24) is 0 Å². The van der Waals surface area contributed by atoms with E-state index >= 15 is 0 Å². The average Bonchev–Trinajstić information content (AvgIpc) is 2.47. The Morgan fingerprint density at radius 3 is 2.71 bits per heavy atom. The summed E-state index contributed by atoms with van der Waals surface area (Å²) in [6.45, 7) is 0. The number of thiophene rings is 1. The van der Waals surface area contributed by atoms with E-state index < -0.39 is 10.2 Å². The molecule has 0 saturated carbocycles. The van der Waals surface area contributed by atoms with Crippen molar-refractivity contribution >= 4 is 47.6 Å². The Labute approximate surface area is 92.7 Å². The fourth-order valence-corrected chi connectivity index (χ4v) is 3.77. The van der Waals surface area contributed by atoms with E-state index in [1.54, 1.807) is 18.2 Å². The molecule has 6 heteroatoms. The van der Waals surface area contributed by atoms with Gasteiger partial charge < -0.3 is 0 Å². The maximum atomic E-state index is 12.8. The Morgan fingerprint density at radius 1 is 1.36 bits per heavy atom. The van der Waals surface area contributed by atoms with Crippen LogP contribution >= 0.6 is 27.3 Å². The highest BCUT2D eigenvalue weighted by Gasteiger charge is 2.18. The van der Waals surface area contributed by atoms with E-state index in [1.165, 1.54) is 16.7 Å². The van der Waals surface area contributed by atoms with Gasteiger partial charge in [0.25, 0.3) is 0 Å². The van der Waals surface area contributed by atoms with Gasteiger partial charge in [-0.05, 0) is 22.0 Å². The number of halogens is 2. The molecule has 0 aliphatic carbocycles. The molecule has 14 heavy (non-hydrogen) atoms. The van der Waals surface area contributed by atoms with E-state index in [0.29, 0.717) is 5.39 Å². The van der Waals surface area contributed by atoms with Gasteiger partial charge in [0, 0.05) is 19.9 Å². The van der Waals surface area contributed by atoms with Crippen LogP contribution in [0.5, 0.6) is 0 Å². The first-order chi connectivity index (χ1) is 6.50. The van der Waals surface area contributed by atoms with Crippen molar-refractivity contribution in [3.8, 4) is 0 Å². The van der Waals surface area contributed by atoms with Crippen LogP contribution in [0.3, 0.4) is 0 Å². The monoisotopic (exact) mass is 294 g/mol. The Kier molecular flexibility index (Phi) is 2.36. The molecule has 0 bridgehead atoms. The molecule has 0 unspecified atom stereocenters. The lowest BCUT2D eigenvalue weighted by Crippen LogP contribution is -1.88. The van der Waals surface area contributed by atoms with Gasteiger partial charge in [0.1, 0.15) is 4.90 Å². The van der Waals surface area contributed by atoms with E-state index in [-0.39, 0.29) is 4.90 Å². The van der Waals surface area contributed by atoms with Gasteiger partial charge in [-0.3, -0.25) is 0 Å². The standard InChI is InChI=1S/C8H4BrFO2S2/c9-6-3-1-2-5-7(14(10,11)12)4-13-8(5)6/h1-4H. The molecule has 1 heterocycles. The number of hydrogen-bond acceptors (Lipinski definition) is 3. The summed E-state index contributed by atoms with van der Waals surface area (Å²) in [5.41, 5.74) is 0. The van der Waals surface area contributed by atoms with E-state index in [2.05, 4.69) is 15.9 Å². The number of benzene rings is 1. The molecule has 0 spiro atoms. The summed E-state index contributed by atoms with van der Waals surface area (Å²) in [4.78, 5) is -0.251. The van der Waals surface area contributed by atoms with Crippen LogP contribution in [0.4, 0.5) is 3.89 Å². The molecular weight excluding hydrogens is 291 g/mol. The summed E-state index contributed by atoms with van der Waals surface area (Å²) >= 11 is 4.47. The summed E-state index contributed by atoms with van der Waals surface area (Å²) in [5.74, 6) is 0. The minimum Gasteiger partial charge on any atom is -0.189 e. The van der Waals surface area contributed by atoms with Crippen LogP contribution in [0.2, 0.25) is 0 Å². The lowest BCUT2D eigenvalue weighted by atomic mass is 10.3. The quantitative estimate of drug-likeness (QED) is 0.756. The smallest absolute Gasteiger partial charge is 0.189 e. The predicted octanol–water partition coefficient (Wildman–Crippen LogP) is 3.32. The highest BCUT2D eigenvalue weighted by Crippen LogP contribution is 2.35. The van der Waals surface area contributed by atoms with Crippen LogP contribution < -0.4 is 0 Å². The summed E-state index contributed by atoms with van der Waals surface area (Å²) in [6, 6.07) is 5.05. The average molecular weight is 295 g/mol. The van der Waals surface area contributed by atoms with Crippen LogP contribution in [0.15, 0.2) is 32.9 Å². The number of hydrogen-bond donors (Lipinski definition) is 0. The van der Waals surface area contributed by atoms with Crippen LogP contribution in [0.1, 0.15) is 0 Å². The Morgan fingerprint density at radius 2 is 2.07 bits per heavy atom. The molecule has 0 N–H and O–H groups in total. The third kappa shape index (κ3) is 1.57. The Hall–Kier alpha value is -0.460. The summed E-state index contributed by atoms with van der Waals surface area (Å²) in [6.07, 6.45) is 0. The normalized spacial score (nSPS) is 12.1. The molecule has 0 saturated heterocycles. The van der Waals surface area contributed by atoms with E-state index in [9.17, 15) is 12.3 Å². The third-order valence-electron chi connectivity index (χ3n) is 1.78. The van der Waals surface area contributed by atoms with Gasteiger partial charge in [-0.25, -0.2) is 0 Å². The first-order valence-electron chi connectivity index (χ1n) is 3.60. The molecule has 0 fully saturated rings. The maximum Gasteiger partial charge on any atom is 0.333 e. The predicted molar refractivity (Wildman–Crippen MR) is 57.8 cm³/mol. The zero-order valence-corrected chi connectivity index (χ0v) is 9.92. The molecule has 0 aliphatic rings. The molecule has 74 valence electrons. The SMILES string of the molecule is O=S(=O)(F)c1csc2c(Br)cccc12. The van der Waals surface area contributed by atoms with Crippen molar-refractivity contribution < 1.29 is 12.3 Å². The zero-order chi connectivity index (χ0) is 10.3. The van der Waals surface area contributed by atoms with Crippen molar-refractivity contribution in [2.45, 2.75) is 4.90 Å². The molecule has 0 radical (unpaired) electrons. The number of fused-ring (bicyclic) bond motifs is 1. The van der Waals surface area contributed by atoms with E-state index in [0.717, 1.165) is 9.17 Å². The number of rotatable bonds is 1. The molecule has 0 amide bonds. The lowest BCUT2D eigenvalue weighted by molar-refractivity contribution is 0.553. The first-order valence-corrected chi connectivity index (χ1v) is 6.66. The van der Waals surface area contributed by atoms with Crippen LogP contribution in [-0.4, -0.2) is 8.42 Å². The lowest BCUT2D eigenvalue weighted by Gasteiger charge is -1.94. The van der Waals surface area contributed by atoms with E-state index in [1.807, 2.05) is 0 Å². The fourth-order valence-electron chi connectivity index (χ4n) is 1.19. The molecule has 2 aromatic rings. The van der Waals surface area contributed by atoms with Crippen molar-refractivity contribution in [3.63, 3.8) is 0 Å². The van der Waals surface area contributed by atoms with Gasteiger partial charge in [0.15, 0.2) is 0 Å². The molecule has 0 atom stereocenters. The summed E-state index contributed by atoms with van der Waals surface area (Å²) in [5, 5.41) is 1.73. The van der Waals surface area contributed by atoms with Gasteiger partial charge in [-0.1, -0.05) is 12.1 Å². The molecule has 2 nitrogen and oxygen atoms in total. The van der Waals surface area contributed by atoms with Crippen molar-refractivity contribution in [3.05, 3.63) is 28.1 Å². The molecule has 1 aromatic carbocycles. The van der Waals surface area contributed by atoms with Gasteiger partial charge in [0.2, 0.25) is 0 Å². The minimum atomic E-state index is -4.61. The van der Waals surface area contributed by atoms with Crippen molar-refractivity contribution in [2.24, 2.45) is 0 Å². The highest BCUT2D eigenvalue weighted by molar-refractivity contribution is 9.10. The molecule has 2 rings (SSSR count). The van der Waals surface area contributed by atoms with Gasteiger partial charge in [0.05, 0.1) is 0 Å². The van der Waals surface area contributed by atoms with Crippen molar-refractivity contribution in [1.29, 1.82) is 0 Å². The van der Waals surface area contributed by atoms with Crippen LogP contribution in [-0.2, 0) is 10.2 Å². The van der Waals surface area contributed by atoms with Crippen molar-refractivity contribution in [2.75, 3.05) is 0 Å². The van der Waals surface area contributed by atoms with Crippen LogP contribution in [0.25, 0.3) is 10.1 Å². The van der Waals surface area contributed by atoms with Gasteiger partial charge in [-0.15, -0.1) is 15.2 Å². The second-order valence-electron chi connectivity index (χ2n) is 2.65. The molecule has 1 aromatic heterocycles. The Balaban J connectivity index is 2.90. The molecular formula is C8H4BrFO2S2. The zero-order valence-electron chi connectivity index (χ0n) is 6.70. The topological polar surface area (TPSA) is 34.1 Å². The molecule has 0 aliphatic heterocycles. The Bertz CT molecular complexity index is 588. The fraction of sp³-hybridized carbons (Fsp3) is 0. The first kappa shape index (κ1) is 10.1. The van der Waals surface area contributed by atoms with E-state index in [4.69, 9.17) is 0 Å². The second kappa shape index (κ2) is 3.29. The van der Waals surface area contributed by atoms with Gasteiger partial charge >= 0.3 is 10.2 Å². The summed E-state index contributed by atoms with van der Waals surface area (Å²) in [7, 11) is -4.61. The van der Waals surface area contributed by atoms with Crippen LogP contribution in [0, 0.1) is 0 Å². The van der Waals surface area contributed by atoms with Gasteiger partial charge in [-0.2, -0.15) is 8.42 Å².